The first kappa shape index (κ1) is 20.8. The van der Waals surface area contributed by atoms with Gasteiger partial charge in [0.25, 0.3) is 0 Å². The molecule has 1 unspecified atom stereocenters. The van der Waals surface area contributed by atoms with E-state index in [0.29, 0.717) is 17.2 Å². The molecule has 3 N–H and O–H groups in total. The van der Waals surface area contributed by atoms with Gasteiger partial charge in [0.15, 0.2) is 0 Å². The fourth-order valence-corrected chi connectivity index (χ4v) is 2.92. The molecule has 0 spiro atoms. The highest BCUT2D eigenvalue weighted by Crippen LogP contribution is 2.23. The molecule has 7 nitrogen and oxygen atoms in total. The minimum Gasteiger partial charge on any atom is -0.457 e. The third-order valence-corrected chi connectivity index (χ3v) is 4.52. The van der Waals surface area contributed by atoms with Crippen LogP contribution in [-0.4, -0.2) is 55.5 Å². The average Bonchev–Trinajstić information content (AvgIpc) is 2.71. The van der Waals surface area contributed by atoms with Gasteiger partial charge in [0.2, 0.25) is 11.8 Å². The largest absolute Gasteiger partial charge is 0.457 e. The van der Waals surface area contributed by atoms with Crippen molar-refractivity contribution < 1.29 is 18.7 Å². The summed E-state index contributed by atoms with van der Waals surface area (Å²) in [5.74, 6) is 0.281. The molecule has 1 heterocycles. The van der Waals surface area contributed by atoms with Crippen LogP contribution in [0.4, 0.5) is 10.1 Å². The summed E-state index contributed by atoms with van der Waals surface area (Å²) in [6.45, 7) is 5.31. The van der Waals surface area contributed by atoms with Crippen molar-refractivity contribution >= 4 is 17.5 Å². The van der Waals surface area contributed by atoms with Crippen LogP contribution < -0.4 is 20.7 Å². The molecule has 2 aromatic carbocycles. The minimum atomic E-state index is -0.652. The maximum absolute atomic E-state index is 12.9. The first-order valence-corrected chi connectivity index (χ1v) is 9.56. The Morgan fingerprint density at radius 2 is 1.66 bits per heavy atom. The second kappa shape index (κ2) is 9.99. The van der Waals surface area contributed by atoms with E-state index in [1.165, 1.54) is 24.3 Å². The highest BCUT2D eigenvalue weighted by atomic mass is 19.1. The number of nitrogens with zero attached hydrogens (tertiary/aromatic N) is 1. The van der Waals surface area contributed by atoms with Crippen LogP contribution in [0.5, 0.6) is 11.5 Å². The number of amides is 2. The summed E-state index contributed by atoms with van der Waals surface area (Å²) >= 11 is 0. The van der Waals surface area contributed by atoms with Crippen LogP contribution in [0.15, 0.2) is 48.5 Å². The predicted octanol–water partition coefficient (Wildman–Crippen LogP) is 1.97. The minimum absolute atomic E-state index is 0.169. The van der Waals surface area contributed by atoms with Crippen LogP contribution in [0.1, 0.15) is 6.92 Å². The molecule has 3 rings (SSSR count). The normalized spacial score (nSPS) is 15.4. The summed E-state index contributed by atoms with van der Waals surface area (Å²) in [5.41, 5.74) is 0.588. The number of carbonyl (C=O) groups is 2. The number of rotatable bonds is 7. The number of halogens is 1. The molecule has 0 aromatic heterocycles. The molecule has 2 aromatic rings. The van der Waals surface area contributed by atoms with Crippen LogP contribution >= 0.6 is 0 Å². The quantitative estimate of drug-likeness (QED) is 0.662. The number of ether oxygens (including phenoxy) is 1. The van der Waals surface area contributed by atoms with Gasteiger partial charge in [-0.2, -0.15) is 0 Å². The first-order chi connectivity index (χ1) is 14.0. The average molecular weight is 400 g/mol. The van der Waals surface area contributed by atoms with Gasteiger partial charge < -0.3 is 20.7 Å². The van der Waals surface area contributed by atoms with E-state index in [-0.39, 0.29) is 24.2 Å². The molecule has 2 amide bonds. The van der Waals surface area contributed by atoms with Crippen molar-refractivity contribution in [3.8, 4) is 11.5 Å². The van der Waals surface area contributed by atoms with E-state index >= 15 is 0 Å². The van der Waals surface area contributed by atoms with E-state index in [1.54, 1.807) is 31.2 Å². The number of anilines is 1. The monoisotopic (exact) mass is 400 g/mol. The Bertz CT molecular complexity index is 821. The number of nitrogens with one attached hydrogen (secondary N) is 3. The summed E-state index contributed by atoms with van der Waals surface area (Å²) < 4.78 is 18.6. The molecule has 0 saturated carbocycles. The van der Waals surface area contributed by atoms with Gasteiger partial charge in [0, 0.05) is 31.9 Å². The van der Waals surface area contributed by atoms with E-state index in [9.17, 15) is 14.0 Å². The zero-order valence-electron chi connectivity index (χ0n) is 16.3. The topological polar surface area (TPSA) is 82.7 Å². The van der Waals surface area contributed by atoms with Gasteiger partial charge in [-0.15, -0.1) is 0 Å². The molecular weight excluding hydrogens is 375 g/mol. The maximum Gasteiger partial charge on any atom is 0.246 e. The lowest BCUT2D eigenvalue weighted by molar-refractivity contribution is -0.127. The SMILES string of the molecule is CC(NC(=O)CN1CCNCC1)C(=O)Nc1ccc(Oc2ccc(F)cc2)cc1. The standard InChI is InChI=1S/C21H25FN4O3/c1-15(24-20(27)14-26-12-10-23-11-13-26)21(28)25-17-4-8-19(9-5-17)29-18-6-2-16(22)3-7-18/h2-9,15,23H,10-14H2,1H3,(H,24,27)(H,25,28). The van der Waals surface area contributed by atoms with Gasteiger partial charge in [-0.05, 0) is 55.5 Å². The smallest absolute Gasteiger partial charge is 0.246 e. The number of hydrogen-bond acceptors (Lipinski definition) is 5. The molecule has 29 heavy (non-hydrogen) atoms. The van der Waals surface area contributed by atoms with Crippen molar-refractivity contribution in [3.05, 3.63) is 54.3 Å². The van der Waals surface area contributed by atoms with Crippen LogP contribution in [-0.2, 0) is 9.59 Å². The summed E-state index contributed by atoms with van der Waals surface area (Å²) in [7, 11) is 0. The third-order valence-electron chi connectivity index (χ3n) is 4.52. The summed E-state index contributed by atoms with van der Waals surface area (Å²) in [5, 5.41) is 8.73. The van der Waals surface area contributed by atoms with Crippen molar-refractivity contribution in [2.75, 3.05) is 38.0 Å². The molecule has 1 fully saturated rings. The highest BCUT2D eigenvalue weighted by molar-refractivity contribution is 5.97. The predicted molar refractivity (Wildman–Crippen MR) is 108 cm³/mol. The molecule has 1 aliphatic heterocycles. The zero-order valence-corrected chi connectivity index (χ0v) is 16.3. The van der Waals surface area contributed by atoms with Gasteiger partial charge in [0.1, 0.15) is 23.4 Å². The molecule has 0 bridgehead atoms. The van der Waals surface area contributed by atoms with E-state index < -0.39 is 6.04 Å². The Balaban J connectivity index is 1.46. The lowest BCUT2D eigenvalue weighted by Gasteiger charge is -2.27. The number of hydrogen-bond donors (Lipinski definition) is 3. The highest BCUT2D eigenvalue weighted by Gasteiger charge is 2.18. The van der Waals surface area contributed by atoms with Crippen LogP contribution in [0.25, 0.3) is 0 Å². The molecule has 1 atom stereocenters. The van der Waals surface area contributed by atoms with Gasteiger partial charge in [0.05, 0.1) is 6.54 Å². The molecule has 0 radical (unpaired) electrons. The number of carbonyl (C=O) groups excluding carboxylic acids is 2. The fourth-order valence-electron chi connectivity index (χ4n) is 2.92. The number of piperazine rings is 1. The second-order valence-corrected chi connectivity index (χ2v) is 6.88. The van der Waals surface area contributed by atoms with Gasteiger partial charge in [-0.3, -0.25) is 14.5 Å². The summed E-state index contributed by atoms with van der Waals surface area (Å²) in [6.07, 6.45) is 0. The molecule has 0 aliphatic carbocycles. The van der Waals surface area contributed by atoms with Gasteiger partial charge in [-0.25, -0.2) is 4.39 Å². The Hall–Kier alpha value is -2.97. The lowest BCUT2D eigenvalue weighted by atomic mass is 10.2. The van der Waals surface area contributed by atoms with Crippen molar-refractivity contribution in [1.82, 2.24) is 15.5 Å². The molecule has 1 aliphatic rings. The van der Waals surface area contributed by atoms with Gasteiger partial charge in [-0.1, -0.05) is 0 Å². The third kappa shape index (κ3) is 6.55. The fraction of sp³-hybridized carbons (Fsp3) is 0.333. The molecule has 1 saturated heterocycles. The van der Waals surface area contributed by atoms with Crippen molar-refractivity contribution in [2.45, 2.75) is 13.0 Å². The second-order valence-electron chi connectivity index (χ2n) is 6.88. The molecule has 154 valence electrons. The molecular formula is C21H25FN4O3. The van der Waals surface area contributed by atoms with E-state index in [2.05, 4.69) is 20.9 Å². The Kier molecular flexibility index (Phi) is 7.15. The maximum atomic E-state index is 12.9. The van der Waals surface area contributed by atoms with Crippen molar-refractivity contribution in [1.29, 1.82) is 0 Å². The van der Waals surface area contributed by atoms with Crippen molar-refractivity contribution in [3.63, 3.8) is 0 Å². The van der Waals surface area contributed by atoms with Crippen LogP contribution in [0.3, 0.4) is 0 Å². The first-order valence-electron chi connectivity index (χ1n) is 9.56. The van der Waals surface area contributed by atoms with Gasteiger partial charge >= 0.3 is 0 Å². The van der Waals surface area contributed by atoms with Crippen LogP contribution in [0, 0.1) is 5.82 Å². The Labute approximate surface area is 169 Å². The zero-order chi connectivity index (χ0) is 20.6. The number of benzene rings is 2. The van der Waals surface area contributed by atoms with E-state index in [1.807, 2.05) is 0 Å². The summed E-state index contributed by atoms with van der Waals surface area (Å²) in [4.78, 5) is 26.5. The Morgan fingerprint density at radius 1 is 1.07 bits per heavy atom. The van der Waals surface area contributed by atoms with Crippen molar-refractivity contribution in [2.24, 2.45) is 0 Å². The van der Waals surface area contributed by atoms with E-state index in [4.69, 9.17) is 4.74 Å². The van der Waals surface area contributed by atoms with Crippen LogP contribution in [0.2, 0.25) is 0 Å². The lowest BCUT2D eigenvalue weighted by Crippen LogP contribution is -2.50. The Morgan fingerprint density at radius 3 is 2.28 bits per heavy atom. The summed E-state index contributed by atoms with van der Waals surface area (Å²) in [6, 6.07) is 11.9. The molecule has 8 heteroatoms. The van der Waals surface area contributed by atoms with E-state index in [0.717, 1.165) is 26.2 Å².